The van der Waals surface area contributed by atoms with E-state index in [1.807, 2.05) is 26.0 Å². The second-order valence-corrected chi connectivity index (χ2v) is 5.55. The molecule has 3 rings (SSSR count). The van der Waals surface area contributed by atoms with E-state index in [0.717, 1.165) is 5.56 Å². The van der Waals surface area contributed by atoms with Gasteiger partial charge >= 0.3 is 6.03 Å². The number of carbonyl (C=O) groups is 1. The number of benzene rings is 1. The highest BCUT2D eigenvalue weighted by Gasteiger charge is 2.14. The molecule has 0 fully saturated rings. The largest absolute Gasteiger partial charge is 0.334 e. The summed E-state index contributed by atoms with van der Waals surface area (Å²) in [7, 11) is 0. The van der Waals surface area contributed by atoms with Crippen LogP contribution in [0.1, 0.15) is 37.4 Å². The van der Waals surface area contributed by atoms with Crippen molar-refractivity contribution in [3.05, 3.63) is 41.7 Å². The third-order valence-corrected chi connectivity index (χ3v) is 3.52. The summed E-state index contributed by atoms with van der Waals surface area (Å²) in [4.78, 5) is 20.5. The molecule has 25 heavy (non-hydrogen) atoms. The van der Waals surface area contributed by atoms with Crippen LogP contribution in [-0.2, 0) is 6.42 Å². The van der Waals surface area contributed by atoms with Gasteiger partial charge in [-0.05, 0) is 38.1 Å². The van der Waals surface area contributed by atoms with Gasteiger partial charge in [0.1, 0.15) is 5.82 Å². The Morgan fingerprint density at radius 2 is 2.04 bits per heavy atom. The fourth-order valence-corrected chi connectivity index (χ4v) is 2.19. The van der Waals surface area contributed by atoms with Crippen LogP contribution in [-0.4, -0.2) is 31.4 Å². The predicted molar refractivity (Wildman–Crippen MR) is 90.8 cm³/mol. The Morgan fingerprint density at radius 3 is 2.64 bits per heavy atom. The van der Waals surface area contributed by atoms with E-state index in [2.05, 4.69) is 36.0 Å². The average molecular weight is 341 g/mol. The third-order valence-electron chi connectivity index (χ3n) is 3.52. The number of carbonyl (C=O) groups excluding carboxylic acids is 1. The van der Waals surface area contributed by atoms with Gasteiger partial charge in [0.25, 0.3) is 5.89 Å². The average Bonchev–Trinajstić information content (AvgIpc) is 3.24. The SMILES string of the molecule is CCc1noc(-c2ccc(NC(=O)N[C@@H](C)c3n[nH]c(C)n3)cc2)n1. The molecule has 0 aliphatic heterocycles. The summed E-state index contributed by atoms with van der Waals surface area (Å²) in [5.74, 6) is 2.35. The third kappa shape index (κ3) is 4.00. The molecule has 0 radical (unpaired) electrons. The number of H-pyrrole nitrogens is 1. The van der Waals surface area contributed by atoms with Gasteiger partial charge in [-0.1, -0.05) is 12.1 Å². The van der Waals surface area contributed by atoms with Crippen molar-refractivity contribution < 1.29 is 9.32 Å². The first kappa shape index (κ1) is 16.6. The number of aryl methyl sites for hydroxylation is 2. The first-order valence-electron chi connectivity index (χ1n) is 7.94. The van der Waals surface area contributed by atoms with Gasteiger partial charge in [0.05, 0.1) is 6.04 Å². The van der Waals surface area contributed by atoms with Crippen LogP contribution in [0.3, 0.4) is 0 Å². The molecule has 1 atom stereocenters. The highest BCUT2D eigenvalue weighted by atomic mass is 16.5. The highest BCUT2D eigenvalue weighted by molar-refractivity contribution is 5.89. The monoisotopic (exact) mass is 341 g/mol. The zero-order chi connectivity index (χ0) is 17.8. The standard InChI is InChI=1S/C16H19N7O2/c1-4-13-20-15(25-23-13)11-5-7-12(8-6-11)19-16(24)17-9(2)14-18-10(3)21-22-14/h5-9H,4H2,1-3H3,(H2,17,19,24)(H,18,21,22)/t9-/m0/s1. The Morgan fingerprint density at radius 1 is 1.28 bits per heavy atom. The minimum absolute atomic E-state index is 0.310. The summed E-state index contributed by atoms with van der Waals surface area (Å²) in [6.07, 6.45) is 0.714. The van der Waals surface area contributed by atoms with Crippen molar-refractivity contribution in [2.24, 2.45) is 0 Å². The number of urea groups is 1. The van der Waals surface area contributed by atoms with Crippen LogP contribution in [0.4, 0.5) is 10.5 Å². The Balaban J connectivity index is 1.60. The van der Waals surface area contributed by atoms with Crippen molar-refractivity contribution in [1.29, 1.82) is 0 Å². The predicted octanol–water partition coefficient (Wildman–Crippen LogP) is 2.61. The lowest BCUT2D eigenvalue weighted by molar-refractivity contribution is 0.249. The van der Waals surface area contributed by atoms with Crippen LogP contribution in [0.15, 0.2) is 28.8 Å². The van der Waals surface area contributed by atoms with Gasteiger partial charge in [-0.25, -0.2) is 9.78 Å². The molecule has 130 valence electrons. The maximum atomic E-state index is 12.1. The van der Waals surface area contributed by atoms with Crippen molar-refractivity contribution >= 4 is 11.7 Å². The van der Waals surface area contributed by atoms with Crippen molar-refractivity contribution in [3.63, 3.8) is 0 Å². The van der Waals surface area contributed by atoms with Gasteiger partial charge in [0, 0.05) is 17.7 Å². The molecule has 0 bridgehead atoms. The molecule has 2 aromatic heterocycles. The fourth-order valence-electron chi connectivity index (χ4n) is 2.19. The highest BCUT2D eigenvalue weighted by Crippen LogP contribution is 2.20. The molecule has 0 saturated heterocycles. The molecular formula is C16H19N7O2. The molecule has 0 aliphatic carbocycles. The molecular weight excluding hydrogens is 322 g/mol. The fraction of sp³-hybridized carbons (Fsp3) is 0.312. The first-order valence-corrected chi connectivity index (χ1v) is 7.94. The molecule has 1 aromatic carbocycles. The molecule has 3 aromatic rings. The van der Waals surface area contributed by atoms with E-state index < -0.39 is 0 Å². The van der Waals surface area contributed by atoms with Crippen LogP contribution in [0.25, 0.3) is 11.5 Å². The lowest BCUT2D eigenvalue weighted by Crippen LogP contribution is -2.31. The summed E-state index contributed by atoms with van der Waals surface area (Å²) >= 11 is 0. The molecule has 0 aliphatic rings. The number of hydrogen-bond acceptors (Lipinski definition) is 6. The van der Waals surface area contributed by atoms with Crippen LogP contribution in [0.5, 0.6) is 0 Å². The summed E-state index contributed by atoms with van der Waals surface area (Å²) in [5.41, 5.74) is 1.44. The number of nitrogens with zero attached hydrogens (tertiary/aromatic N) is 4. The maximum absolute atomic E-state index is 12.1. The van der Waals surface area contributed by atoms with Gasteiger partial charge in [-0.3, -0.25) is 5.10 Å². The Kier molecular flexibility index (Phi) is 4.73. The van der Waals surface area contributed by atoms with Crippen LogP contribution < -0.4 is 10.6 Å². The Labute approximate surface area is 144 Å². The van der Waals surface area contributed by atoms with E-state index >= 15 is 0 Å². The molecule has 2 heterocycles. The number of aromatic nitrogens is 5. The van der Waals surface area contributed by atoms with E-state index in [0.29, 0.717) is 35.5 Å². The number of anilines is 1. The lowest BCUT2D eigenvalue weighted by Gasteiger charge is -2.11. The van der Waals surface area contributed by atoms with Crippen molar-refractivity contribution in [2.75, 3.05) is 5.32 Å². The second kappa shape index (κ2) is 7.12. The maximum Gasteiger partial charge on any atom is 0.319 e. The molecule has 0 spiro atoms. The zero-order valence-corrected chi connectivity index (χ0v) is 14.2. The minimum atomic E-state index is -0.339. The quantitative estimate of drug-likeness (QED) is 0.656. The minimum Gasteiger partial charge on any atom is -0.334 e. The number of rotatable bonds is 5. The summed E-state index contributed by atoms with van der Waals surface area (Å²) < 4.78 is 5.19. The number of amides is 2. The zero-order valence-electron chi connectivity index (χ0n) is 14.2. The normalized spacial score (nSPS) is 12.0. The van der Waals surface area contributed by atoms with Gasteiger partial charge in [-0.2, -0.15) is 10.1 Å². The molecule has 3 N–H and O–H groups in total. The van der Waals surface area contributed by atoms with E-state index in [4.69, 9.17) is 4.52 Å². The van der Waals surface area contributed by atoms with Gasteiger partial charge in [-0.15, -0.1) is 0 Å². The van der Waals surface area contributed by atoms with Crippen LogP contribution >= 0.6 is 0 Å². The summed E-state index contributed by atoms with van der Waals surface area (Å²) in [6, 6.07) is 6.51. The second-order valence-electron chi connectivity index (χ2n) is 5.55. The molecule has 9 nitrogen and oxygen atoms in total. The number of hydrogen-bond donors (Lipinski definition) is 3. The molecule has 0 unspecified atom stereocenters. The van der Waals surface area contributed by atoms with Crippen molar-refractivity contribution in [2.45, 2.75) is 33.2 Å². The van der Waals surface area contributed by atoms with Gasteiger partial charge in [0.2, 0.25) is 0 Å². The number of nitrogens with one attached hydrogen (secondary N) is 3. The van der Waals surface area contributed by atoms with Gasteiger partial charge in [0.15, 0.2) is 11.6 Å². The lowest BCUT2D eigenvalue weighted by atomic mass is 10.2. The number of aromatic amines is 1. The van der Waals surface area contributed by atoms with Crippen molar-refractivity contribution in [3.8, 4) is 11.5 Å². The van der Waals surface area contributed by atoms with E-state index in [-0.39, 0.29) is 12.1 Å². The molecule has 2 amide bonds. The van der Waals surface area contributed by atoms with E-state index in [1.165, 1.54) is 0 Å². The summed E-state index contributed by atoms with van der Waals surface area (Å²) in [6.45, 7) is 5.57. The molecule has 0 saturated carbocycles. The first-order chi connectivity index (χ1) is 12.0. The van der Waals surface area contributed by atoms with Gasteiger partial charge < -0.3 is 15.2 Å². The Bertz CT molecular complexity index is 854. The smallest absolute Gasteiger partial charge is 0.319 e. The van der Waals surface area contributed by atoms with Crippen molar-refractivity contribution in [1.82, 2.24) is 30.6 Å². The molecule has 9 heteroatoms. The van der Waals surface area contributed by atoms with E-state index in [1.54, 1.807) is 19.1 Å². The van der Waals surface area contributed by atoms with E-state index in [9.17, 15) is 4.79 Å². The van der Waals surface area contributed by atoms with Crippen LogP contribution in [0, 0.1) is 6.92 Å². The summed E-state index contributed by atoms with van der Waals surface area (Å²) in [5, 5.41) is 16.2. The van der Waals surface area contributed by atoms with Crippen LogP contribution in [0.2, 0.25) is 0 Å². The Hall–Kier alpha value is -3.23. The topological polar surface area (TPSA) is 122 Å².